The van der Waals surface area contributed by atoms with Crippen LogP contribution in [-0.4, -0.2) is 61.0 Å². The molecule has 0 unspecified atom stereocenters. The van der Waals surface area contributed by atoms with Crippen molar-refractivity contribution < 1.29 is 9.59 Å². The zero-order valence-corrected chi connectivity index (χ0v) is 26.0. The van der Waals surface area contributed by atoms with Crippen molar-refractivity contribution in [2.75, 3.05) is 26.2 Å². The van der Waals surface area contributed by atoms with Crippen LogP contribution in [-0.2, 0) is 4.79 Å². The van der Waals surface area contributed by atoms with Gasteiger partial charge in [0.2, 0.25) is 5.91 Å². The molecule has 3 aromatic carbocycles. The van der Waals surface area contributed by atoms with Gasteiger partial charge in [-0.2, -0.15) is 0 Å². The molecule has 0 saturated carbocycles. The molecule has 0 aromatic heterocycles. The molecule has 0 aliphatic carbocycles. The fraction of sp³-hybridized carbons (Fsp3) is 0.375. The Balaban J connectivity index is 1.50. The van der Waals surface area contributed by atoms with Crippen molar-refractivity contribution in [3.05, 3.63) is 104 Å². The van der Waals surface area contributed by atoms with Gasteiger partial charge in [-0.05, 0) is 71.3 Å². The molecule has 3 aromatic rings. The highest BCUT2D eigenvalue weighted by Gasteiger charge is 2.32. The van der Waals surface area contributed by atoms with Crippen molar-refractivity contribution in [1.29, 1.82) is 0 Å². The molecular formula is C32H38ClIN4O2. The minimum Gasteiger partial charge on any atom is -0.350 e. The Hall–Kier alpha value is -2.46. The smallest absolute Gasteiger partial charge is 0.251 e. The fourth-order valence-corrected chi connectivity index (χ4v) is 5.73. The first-order chi connectivity index (χ1) is 19.3. The predicted octanol–water partition coefficient (Wildman–Crippen LogP) is 5.45. The van der Waals surface area contributed by atoms with E-state index in [-0.39, 0.29) is 29.8 Å². The van der Waals surface area contributed by atoms with E-state index < -0.39 is 0 Å². The third-order valence-corrected chi connectivity index (χ3v) is 8.82. The number of carbonyl (C=O) groups is 2. The first-order valence-corrected chi connectivity index (χ1v) is 15.4. The summed E-state index contributed by atoms with van der Waals surface area (Å²) in [6.07, 6.45) is 1.42. The molecule has 0 bridgehead atoms. The molecule has 8 heteroatoms. The molecule has 2 atom stereocenters. The number of nitrogens with one attached hydrogen (secondary N) is 3. The van der Waals surface area contributed by atoms with Gasteiger partial charge in [-0.25, -0.2) is 0 Å². The molecule has 4 rings (SSSR count). The Kier molecular flexibility index (Phi) is 11.4. The van der Waals surface area contributed by atoms with Crippen molar-refractivity contribution in [3.8, 4) is 0 Å². The largest absolute Gasteiger partial charge is 0.350 e. The second-order valence-electron chi connectivity index (χ2n) is 10.6. The average molecular weight is 673 g/mol. The van der Waals surface area contributed by atoms with E-state index in [1.807, 2.05) is 17.0 Å². The van der Waals surface area contributed by atoms with Crippen LogP contribution in [0, 0.1) is 3.57 Å². The predicted molar refractivity (Wildman–Crippen MR) is 171 cm³/mol. The van der Waals surface area contributed by atoms with E-state index in [1.165, 1.54) is 11.1 Å². The summed E-state index contributed by atoms with van der Waals surface area (Å²) in [6.45, 7) is 6.61. The monoisotopic (exact) mass is 672 g/mol. The second kappa shape index (κ2) is 15.0. The molecule has 1 aliphatic heterocycles. The summed E-state index contributed by atoms with van der Waals surface area (Å²) < 4.78 is 0.838. The summed E-state index contributed by atoms with van der Waals surface area (Å²) in [5.41, 5.74) is 2.96. The summed E-state index contributed by atoms with van der Waals surface area (Å²) in [7, 11) is 0. The van der Waals surface area contributed by atoms with Crippen LogP contribution in [0.25, 0.3) is 0 Å². The minimum absolute atomic E-state index is 0.0276. The lowest BCUT2D eigenvalue weighted by Crippen LogP contribution is -2.50. The van der Waals surface area contributed by atoms with Gasteiger partial charge in [0.05, 0.1) is 11.1 Å². The zero-order valence-electron chi connectivity index (χ0n) is 23.1. The van der Waals surface area contributed by atoms with Gasteiger partial charge >= 0.3 is 0 Å². The van der Waals surface area contributed by atoms with E-state index in [0.717, 1.165) is 16.5 Å². The highest BCUT2D eigenvalue weighted by Crippen LogP contribution is 2.27. The Morgan fingerprint density at radius 3 is 2.30 bits per heavy atom. The maximum absolute atomic E-state index is 13.9. The standard InChI is InChI=1S/C32H38ClIN4O2/c1-22(2)35-17-15-30-32(40)38(21-27(23-9-5-3-6-10-23)24-11-7-4-8-12-24)18-16-26(37-30)20-36-31(39)25-13-14-28(33)29(34)19-25/h3-14,19,22,26-27,30,35,37H,15-18,20-21H2,1-2H3,(H,36,39)/t26-,30-/m0/s1. The summed E-state index contributed by atoms with van der Waals surface area (Å²) in [4.78, 5) is 28.8. The summed E-state index contributed by atoms with van der Waals surface area (Å²) in [5, 5.41) is 10.7. The van der Waals surface area contributed by atoms with Crippen molar-refractivity contribution in [1.82, 2.24) is 20.9 Å². The second-order valence-corrected chi connectivity index (χ2v) is 12.2. The van der Waals surface area contributed by atoms with Crippen molar-refractivity contribution in [2.45, 2.75) is 50.7 Å². The number of hydrogen-bond donors (Lipinski definition) is 3. The SMILES string of the molecule is CC(C)NCC[C@@H]1N[C@H](CNC(=O)c2ccc(Cl)c(I)c2)CCN(CC(c2ccccc2)c2ccccc2)C1=O. The van der Waals surface area contributed by atoms with E-state index in [0.29, 0.717) is 42.7 Å². The average Bonchev–Trinajstić information content (AvgIpc) is 3.10. The Morgan fingerprint density at radius 2 is 1.70 bits per heavy atom. The van der Waals surface area contributed by atoms with E-state index >= 15 is 0 Å². The van der Waals surface area contributed by atoms with Crippen molar-refractivity contribution in [3.63, 3.8) is 0 Å². The molecule has 212 valence electrons. The zero-order chi connectivity index (χ0) is 28.5. The molecule has 1 saturated heterocycles. The molecule has 40 heavy (non-hydrogen) atoms. The lowest BCUT2D eigenvalue weighted by Gasteiger charge is -2.29. The third kappa shape index (κ3) is 8.52. The number of rotatable bonds is 11. The Morgan fingerprint density at radius 1 is 1.05 bits per heavy atom. The van der Waals surface area contributed by atoms with Gasteiger partial charge in [0.1, 0.15) is 0 Å². The van der Waals surface area contributed by atoms with Crippen LogP contribution >= 0.6 is 34.2 Å². The number of amides is 2. The molecule has 1 fully saturated rings. The number of carbonyl (C=O) groups excluding carboxylic acids is 2. The van der Waals surface area contributed by atoms with Crippen LogP contribution in [0.4, 0.5) is 0 Å². The normalized spacial score (nSPS) is 17.8. The molecule has 1 aliphatic rings. The number of halogens is 2. The summed E-state index contributed by atoms with van der Waals surface area (Å²) >= 11 is 8.26. The van der Waals surface area contributed by atoms with Gasteiger partial charge in [-0.3, -0.25) is 9.59 Å². The maximum Gasteiger partial charge on any atom is 0.251 e. The van der Waals surface area contributed by atoms with Crippen LogP contribution in [0.15, 0.2) is 78.9 Å². The van der Waals surface area contributed by atoms with Gasteiger partial charge in [-0.1, -0.05) is 86.1 Å². The Labute approximate surface area is 256 Å². The van der Waals surface area contributed by atoms with Gasteiger partial charge in [0, 0.05) is 46.8 Å². The van der Waals surface area contributed by atoms with Crippen LogP contribution < -0.4 is 16.0 Å². The van der Waals surface area contributed by atoms with Gasteiger partial charge in [0.25, 0.3) is 5.91 Å². The fourth-order valence-electron chi connectivity index (χ4n) is 5.10. The van der Waals surface area contributed by atoms with E-state index in [4.69, 9.17) is 11.6 Å². The van der Waals surface area contributed by atoms with E-state index in [1.54, 1.807) is 18.2 Å². The number of benzene rings is 3. The van der Waals surface area contributed by atoms with Crippen LogP contribution in [0.2, 0.25) is 5.02 Å². The van der Waals surface area contributed by atoms with Crippen LogP contribution in [0.1, 0.15) is 54.1 Å². The van der Waals surface area contributed by atoms with Crippen molar-refractivity contribution in [2.24, 2.45) is 0 Å². The lowest BCUT2D eigenvalue weighted by atomic mass is 9.90. The molecule has 2 amide bonds. The summed E-state index contributed by atoms with van der Waals surface area (Å²) in [5.74, 6) is 0.0444. The van der Waals surface area contributed by atoms with Crippen molar-refractivity contribution >= 4 is 46.0 Å². The third-order valence-electron chi connectivity index (χ3n) is 7.28. The maximum atomic E-state index is 13.9. The van der Waals surface area contributed by atoms with Gasteiger partial charge in [0.15, 0.2) is 0 Å². The van der Waals surface area contributed by atoms with Crippen LogP contribution in [0.3, 0.4) is 0 Å². The van der Waals surface area contributed by atoms with Crippen LogP contribution in [0.5, 0.6) is 0 Å². The number of hydrogen-bond acceptors (Lipinski definition) is 4. The lowest BCUT2D eigenvalue weighted by molar-refractivity contribution is -0.133. The topological polar surface area (TPSA) is 73.5 Å². The highest BCUT2D eigenvalue weighted by molar-refractivity contribution is 14.1. The molecule has 0 spiro atoms. The minimum atomic E-state index is -0.334. The quantitative estimate of drug-likeness (QED) is 0.237. The van der Waals surface area contributed by atoms with Gasteiger partial charge in [-0.15, -0.1) is 0 Å². The first-order valence-electron chi connectivity index (χ1n) is 13.9. The number of nitrogens with zero attached hydrogens (tertiary/aromatic N) is 1. The van der Waals surface area contributed by atoms with Gasteiger partial charge < -0.3 is 20.9 Å². The highest BCUT2D eigenvalue weighted by atomic mass is 127. The summed E-state index contributed by atoms with van der Waals surface area (Å²) in [6, 6.07) is 26.1. The molecule has 6 nitrogen and oxygen atoms in total. The molecule has 0 radical (unpaired) electrons. The Bertz CT molecular complexity index is 1220. The molecule has 3 N–H and O–H groups in total. The van der Waals surface area contributed by atoms with E-state index in [2.05, 4.69) is 101 Å². The first kappa shape index (κ1) is 30.5. The molecular weight excluding hydrogens is 635 g/mol. The van der Waals surface area contributed by atoms with E-state index in [9.17, 15) is 9.59 Å². The molecule has 1 heterocycles.